The van der Waals surface area contributed by atoms with Crippen LogP contribution in [0.4, 0.5) is 0 Å². The third kappa shape index (κ3) is 1.94. The van der Waals surface area contributed by atoms with Crippen LogP contribution in [0, 0.1) is 0 Å². The second kappa shape index (κ2) is 4.25. The Labute approximate surface area is 88.5 Å². The molecule has 2 aromatic rings. The highest BCUT2D eigenvalue weighted by molar-refractivity contribution is 7.13. The molecular formula is C13H12S. The van der Waals surface area contributed by atoms with Gasteiger partial charge in [0.25, 0.3) is 0 Å². The van der Waals surface area contributed by atoms with Crippen LogP contribution in [0.2, 0.25) is 0 Å². The smallest absolute Gasteiger partial charge is 0.0342 e. The lowest BCUT2D eigenvalue weighted by molar-refractivity contribution is 1.64. The summed E-state index contributed by atoms with van der Waals surface area (Å²) in [6.07, 6.45) is 4.17. The van der Waals surface area contributed by atoms with E-state index in [4.69, 9.17) is 0 Å². The minimum atomic E-state index is 1.26. The molecule has 70 valence electrons. The van der Waals surface area contributed by atoms with Crippen LogP contribution in [0.5, 0.6) is 0 Å². The molecule has 0 aliphatic heterocycles. The van der Waals surface area contributed by atoms with Gasteiger partial charge in [-0.15, -0.1) is 11.3 Å². The molecule has 1 aromatic carbocycles. The maximum atomic E-state index is 2.17. The summed E-state index contributed by atoms with van der Waals surface area (Å²) in [6, 6.07) is 12.9. The van der Waals surface area contributed by atoms with Crippen LogP contribution in [0.3, 0.4) is 0 Å². The van der Waals surface area contributed by atoms with E-state index >= 15 is 0 Å². The van der Waals surface area contributed by atoms with Crippen LogP contribution in [0.1, 0.15) is 12.5 Å². The monoisotopic (exact) mass is 200 g/mol. The van der Waals surface area contributed by atoms with E-state index < -0.39 is 0 Å². The molecule has 14 heavy (non-hydrogen) atoms. The van der Waals surface area contributed by atoms with Gasteiger partial charge in [-0.1, -0.05) is 42.5 Å². The molecule has 0 atom stereocenters. The van der Waals surface area contributed by atoms with Gasteiger partial charge in [0, 0.05) is 4.88 Å². The van der Waals surface area contributed by atoms with Crippen LogP contribution >= 0.6 is 11.3 Å². The molecule has 1 aromatic heterocycles. The number of thiophene rings is 1. The molecule has 0 unspecified atom stereocenters. The van der Waals surface area contributed by atoms with E-state index in [0.29, 0.717) is 0 Å². The van der Waals surface area contributed by atoms with E-state index in [0.717, 1.165) is 0 Å². The minimum absolute atomic E-state index is 1.26. The first-order valence-corrected chi connectivity index (χ1v) is 5.55. The third-order valence-corrected chi connectivity index (χ3v) is 2.99. The van der Waals surface area contributed by atoms with Crippen molar-refractivity contribution in [3.05, 3.63) is 53.4 Å². The van der Waals surface area contributed by atoms with Crippen LogP contribution in [-0.4, -0.2) is 0 Å². The fourth-order valence-corrected chi connectivity index (χ4v) is 2.13. The second-order valence-electron chi connectivity index (χ2n) is 3.10. The molecule has 0 amide bonds. The van der Waals surface area contributed by atoms with Crippen molar-refractivity contribution >= 4 is 17.4 Å². The lowest BCUT2D eigenvalue weighted by Crippen LogP contribution is -1.73. The van der Waals surface area contributed by atoms with Crippen molar-refractivity contribution < 1.29 is 0 Å². The normalized spacial score (nSPS) is 10.9. The van der Waals surface area contributed by atoms with Crippen LogP contribution < -0.4 is 0 Å². The summed E-state index contributed by atoms with van der Waals surface area (Å²) in [5.74, 6) is 0. The first kappa shape index (κ1) is 9.22. The van der Waals surface area contributed by atoms with E-state index in [2.05, 4.69) is 53.9 Å². The third-order valence-electron chi connectivity index (χ3n) is 2.08. The van der Waals surface area contributed by atoms with Crippen molar-refractivity contribution in [3.63, 3.8) is 0 Å². The highest BCUT2D eigenvalue weighted by atomic mass is 32.1. The zero-order valence-electron chi connectivity index (χ0n) is 8.10. The lowest BCUT2D eigenvalue weighted by atomic mass is 10.1. The summed E-state index contributed by atoms with van der Waals surface area (Å²) in [4.78, 5) is 1.33. The lowest BCUT2D eigenvalue weighted by Gasteiger charge is -1.97. The highest BCUT2D eigenvalue weighted by Gasteiger charge is 1.96. The fourth-order valence-electron chi connectivity index (χ4n) is 1.39. The van der Waals surface area contributed by atoms with Crippen molar-refractivity contribution in [2.45, 2.75) is 6.92 Å². The summed E-state index contributed by atoms with van der Waals surface area (Å²) < 4.78 is 0. The Hall–Kier alpha value is -1.34. The van der Waals surface area contributed by atoms with Gasteiger partial charge in [0.05, 0.1) is 0 Å². The molecule has 0 N–H and O–H groups in total. The molecule has 0 spiro atoms. The summed E-state index contributed by atoms with van der Waals surface area (Å²) in [6.45, 7) is 2.03. The summed E-state index contributed by atoms with van der Waals surface area (Å²) in [5, 5.41) is 2.11. The van der Waals surface area contributed by atoms with Gasteiger partial charge < -0.3 is 0 Å². The summed E-state index contributed by atoms with van der Waals surface area (Å²) >= 11 is 1.78. The summed E-state index contributed by atoms with van der Waals surface area (Å²) in [5.41, 5.74) is 2.56. The Morgan fingerprint density at radius 2 is 1.86 bits per heavy atom. The molecule has 0 radical (unpaired) electrons. The summed E-state index contributed by atoms with van der Waals surface area (Å²) in [7, 11) is 0. The molecular weight excluding hydrogens is 188 g/mol. The average molecular weight is 200 g/mol. The van der Waals surface area contributed by atoms with E-state index in [9.17, 15) is 0 Å². The number of benzene rings is 1. The van der Waals surface area contributed by atoms with Crippen LogP contribution in [-0.2, 0) is 0 Å². The van der Waals surface area contributed by atoms with E-state index in [1.165, 1.54) is 16.0 Å². The topological polar surface area (TPSA) is 0 Å². The van der Waals surface area contributed by atoms with Crippen LogP contribution in [0.15, 0.2) is 47.9 Å². The molecule has 0 saturated carbocycles. The van der Waals surface area contributed by atoms with Crippen molar-refractivity contribution in [3.8, 4) is 10.4 Å². The molecule has 0 aliphatic carbocycles. The second-order valence-corrected chi connectivity index (χ2v) is 4.05. The molecule has 1 heteroatoms. The van der Waals surface area contributed by atoms with Gasteiger partial charge in [0.15, 0.2) is 0 Å². The predicted molar refractivity (Wildman–Crippen MR) is 64.5 cm³/mol. The van der Waals surface area contributed by atoms with Crippen molar-refractivity contribution in [2.24, 2.45) is 0 Å². The van der Waals surface area contributed by atoms with Gasteiger partial charge in [-0.25, -0.2) is 0 Å². The number of hydrogen-bond donors (Lipinski definition) is 0. The van der Waals surface area contributed by atoms with E-state index in [-0.39, 0.29) is 0 Å². The highest BCUT2D eigenvalue weighted by Crippen LogP contribution is 2.24. The van der Waals surface area contributed by atoms with E-state index in [1.54, 1.807) is 11.3 Å². The Kier molecular flexibility index (Phi) is 2.80. The molecule has 0 nitrogen and oxygen atoms in total. The van der Waals surface area contributed by atoms with Gasteiger partial charge in [-0.3, -0.25) is 0 Å². The van der Waals surface area contributed by atoms with E-state index in [1.807, 2.05) is 6.92 Å². The molecule has 2 rings (SSSR count). The quantitative estimate of drug-likeness (QED) is 0.672. The maximum Gasteiger partial charge on any atom is 0.0342 e. The first-order chi connectivity index (χ1) is 6.90. The van der Waals surface area contributed by atoms with Gasteiger partial charge in [0.1, 0.15) is 0 Å². The number of hydrogen-bond acceptors (Lipinski definition) is 1. The van der Waals surface area contributed by atoms with Crippen molar-refractivity contribution in [1.82, 2.24) is 0 Å². The molecule has 0 fully saturated rings. The molecule has 0 saturated heterocycles. The Balaban J connectivity index is 2.31. The van der Waals surface area contributed by atoms with Crippen molar-refractivity contribution in [2.75, 3.05) is 0 Å². The predicted octanol–water partition coefficient (Wildman–Crippen LogP) is 4.45. The van der Waals surface area contributed by atoms with Gasteiger partial charge >= 0.3 is 0 Å². The minimum Gasteiger partial charge on any atom is -0.144 e. The number of allylic oxidation sites excluding steroid dienone is 1. The first-order valence-electron chi connectivity index (χ1n) is 4.67. The Bertz CT molecular complexity index is 407. The largest absolute Gasteiger partial charge is 0.144 e. The molecule has 0 aliphatic rings. The fraction of sp³-hybridized carbons (Fsp3) is 0.0769. The zero-order valence-corrected chi connectivity index (χ0v) is 8.92. The standard InChI is InChI=1S/C13H12S/c1-2-4-11-6-8-12(9-7-11)13-5-3-10-14-13/h2-10H,1H3/b4-2+. The van der Waals surface area contributed by atoms with Gasteiger partial charge in [0.2, 0.25) is 0 Å². The number of rotatable bonds is 2. The Morgan fingerprint density at radius 3 is 2.43 bits per heavy atom. The maximum absolute atomic E-state index is 2.17. The SMILES string of the molecule is C/C=C/c1ccc(-c2cccs2)cc1. The average Bonchev–Trinajstić information content (AvgIpc) is 2.72. The van der Waals surface area contributed by atoms with Crippen LogP contribution in [0.25, 0.3) is 16.5 Å². The Morgan fingerprint density at radius 1 is 1.07 bits per heavy atom. The van der Waals surface area contributed by atoms with Gasteiger partial charge in [-0.2, -0.15) is 0 Å². The van der Waals surface area contributed by atoms with Gasteiger partial charge in [-0.05, 0) is 29.5 Å². The zero-order chi connectivity index (χ0) is 9.80. The molecule has 1 heterocycles. The molecule has 0 bridgehead atoms. The van der Waals surface area contributed by atoms with Crippen molar-refractivity contribution in [1.29, 1.82) is 0 Å².